The highest BCUT2D eigenvalue weighted by atomic mass is 16.6. The molecule has 7 rings (SSSR count). The molecular weight excluding hydrogens is 528 g/mol. The van der Waals surface area contributed by atoms with Gasteiger partial charge >= 0.3 is 17.9 Å². The maximum absolute atomic E-state index is 13.2. The van der Waals surface area contributed by atoms with Gasteiger partial charge in [0.1, 0.15) is 5.60 Å². The normalized spacial score (nSPS) is 51.5. The van der Waals surface area contributed by atoms with Gasteiger partial charge < -0.3 is 14.2 Å². The molecular formula is C36H54O6. The van der Waals surface area contributed by atoms with Gasteiger partial charge in [-0.25, -0.2) is 0 Å². The molecule has 1 heterocycles. The van der Waals surface area contributed by atoms with Crippen LogP contribution in [0.4, 0.5) is 0 Å². The van der Waals surface area contributed by atoms with Crippen molar-refractivity contribution in [2.75, 3.05) is 7.11 Å². The van der Waals surface area contributed by atoms with Gasteiger partial charge in [-0.2, -0.15) is 0 Å². The average molecular weight is 583 g/mol. The molecule has 6 heteroatoms. The Morgan fingerprint density at radius 3 is 2.10 bits per heavy atom. The van der Waals surface area contributed by atoms with Crippen molar-refractivity contribution in [2.45, 2.75) is 105 Å². The molecule has 7 fully saturated rings. The Kier molecular flexibility index (Phi) is 7.19. The van der Waals surface area contributed by atoms with E-state index in [1.807, 2.05) is 27.7 Å². The Labute approximate surface area is 252 Å². The van der Waals surface area contributed by atoms with Crippen LogP contribution < -0.4 is 0 Å². The Bertz CT molecular complexity index is 1110. The van der Waals surface area contributed by atoms with Gasteiger partial charge in [0.15, 0.2) is 0 Å². The summed E-state index contributed by atoms with van der Waals surface area (Å²) < 4.78 is 17.1. The minimum atomic E-state index is -0.487. The lowest BCUT2D eigenvalue weighted by atomic mass is 9.53. The molecule has 0 radical (unpaired) electrons. The van der Waals surface area contributed by atoms with Crippen LogP contribution in [0.25, 0.3) is 0 Å². The van der Waals surface area contributed by atoms with Crippen molar-refractivity contribution in [1.82, 2.24) is 0 Å². The zero-order valence-corrected chi connectivity index (χ0v) is 26.9. The van der Waals surface area contributed by atoms with Crippen LogP contribution in [0.5, 0.6) is 0 Å². The second-order valence-corrected chi connectivity index (χ2v) is 17.1. The number of carbonyl (C=O) groups excluding carboxylic acids is 3. The van der Waals surface area contributed by atoms with Crippen molar-refractivity contribution in [1.29, 1.82) is 0 Å². The molecule has 0 aromatic rings. The summed E-state index contributed by atoms with van der Waals surface area (Å²) in [4.78, 5) is 38.6. The molecule has 7 aliphatic rings. The second kappa shape index (κ2) is 10.3. The number of cyclic esters (lactones) is 2. The molecule has 42 heavy (non-hydrogen) atoms. The molecule has 0 spiro atoms. The number of fused-ring (bicyclic) bond motifs is 6. The maximum atomic E-state index is 13.2. The Hall–Kier alpha value is -1.43. The highest BCUT2D eigenvalue weighted by Crippen LogP contribution is 2.72. The summed E-state index contributed by atoms with van der Waals surface area (Å²) in [7, 11) is 1.78. The fraction of sp³-hybridized carbons (Fsp3) is 0.917. The average Bonchev–Trinajstić information content (AvgIpc) is 3.75. The van der Waals surface area contributed by atoms with E-state index in [0.29, 0.717) is 71.5 Å². The van der Waals surface area contributed by atoms with Crippen molar-refractivity contribution in [3.8, 4) is 0 Å². The van der Waals surface area contributed by atoms with E-state index >= 15 is 0 Å². The van der Waals surface area contributed by atoms with Crippen molar-refractivity contribution < 1.29 is 28.6 Å². The molecule has 6 saturated carbocycles. The number of hydrogen-bond acceptors (Lipinski definition) is 6. The summed E-state index contributed by atoms with van der Waals surface area (Å²) in [5.74, 6) is 7.52. The topological polar surface area (TPSA) is 78.9 Å². The Balaban J connectivity index is 1.19. The molecule has 0 N–H and O–H groups in total. The van der Waals surface area contributed by atoms with Gasteiger partial charge in [0.25, 0.3) is 0 Å². The van der Waals surface area contributed by atoms with Crippen LogP contribution in [0.2, 0.25) is 0 Å². The molecule has 234 valence electrons. The second-order valence-electron chi connectivity index (χ2n) is 17.1. The van der Waals surface area contributed by atoms with E-state index in [-0.39, 0.29) is 35.8 Å². The van der Waals surface area contributed by atoms with Crippen LogP contribution in [0.1, 0.15) is 92.9 Å². The monoisotopic (exact) mass is 582 g/mol. The number of hydrogen-bond donors (Lipinski definition) is 0. The Morgan fingerprint density at radius 2 is 1.48 bits per heavy atom. The van der Waals surface area contributed by atoms with Gasteiger partial charge in [-0.15, -0.1) is 0 Å². The highest BCUT2D eigenvalue weighted by Gasteiger charge is 2.67. The third-order valence-electron chi connectivity index (χ3n) is 14.3. The predicted octanol–water partition coefficient (Wildman–Crippen LogP) is 6.55. The van der Waals surface area contributed by atoms with E-state index in [2.05, 4.69) is 13.8 Å². The number of esters is 3. The van der Waals surface area contributed by atoms with Crippen molar-refractivity contribution >= 4 is 17.9 Å². The quantitative estimate of drug-likeness (QED) is 0.250. The molecule has 17 atom stereocenters. The largest absolute Gasteiger partial charge is 0.460 e. The van der Waals surface area contributed by atoms with Crippen molar-refractivity contribution in [2.24, 2.45) is 94.7 Å². The molecule has 17 unspecified atom stereocenters. The smallest absolute Gasteiger partial charge is 0.317 e. The number of methoxy groups -OCH3 is 1. The van der Waals surface area contributed by atoms with Gasteiger partial charge in [0, 0.05) is 7.11 Å². The summed E-state index contributed by atoms with van der Waals surface area (Å²) in [6.45, 7) is 12.8. The molecule has 6 nitrogen and oxygen atoms in total. The van der Waals surface area contributed by atoms with Gasteiger partial charge in [-0.1, -0.05) is 20.8 Å². The van der Waals surface area contributed by atoms with E-state index in [1.165, 1.54) is 38.5 Å². The van der Waals surface area contributed by atoms with Crippen LogP contribution in [0.15, 0.2) is 0 Å². The third kappa shape index (κ3) is 4.45. The highest BCUT2D eigenvalue weighted by molar-refractivity contribution is 5.96. The van der Waals surface area contributed by atoms with Gasteiger partial charge in [0.2, 0.25) is 0 Å². The van der Waals surface area contributed by atoms with E-state index in [4.69, 9.17) is 14.2 Å². The minimum absolute atomic E-state index is 0.0869. The SMILES string of the molecule is COC(CC(=O)OC(C)(C)C)C1CC2CC1C(C1C3CC(C)C(C3)C1C1C3CCC(C3)C1C1C(=O)OC(=O)C1C)C2C. The van der Waals surface area contributed by atoms with Crippen LogP contribution >= 0.6 is 0 Å². The lowest BCUT2D eigenvalue weighted by Gasteiger charge is -2.51. The number of rotatable bonds is 7. The fourth-order valence-electron chi connectivity index (χ4n) is 13.2. The van der Waals surface area contributed by atoms with E-state index < -0.39 is 5.60 Å². The third-order valence-corrected chi connectivity index (χ3v) is 14.3. The van der Waals surface area contributed by atoms with Crippen LogP contribution in [-0.4, -0.2) is 36.7 Å². The molecule has 1 aliphatic heterocycles. The molecule has 0 aromatic carbocycles. The summed E-state index contributed by atoms with van der Waals surface area (Å²) in [5.41, 5.74) is -0.487. The fourth-order valence-corrected chi connectivity index (χ4v) is 13.2. The molecule has 6 aliphatic carbocycles. The zero-order valence-electron chi connectivity index (χ0n) is 26.9. The zero-order chi connectivity index (χ0) is 29.8. The number of carbonyl (C=O) groups is 3. The lowest BCUT2D eigenvalue weighted by Crippen LogP contribution is -2.48. The van der Waals surface area contributed by atoms with Gasteiger partial charge in [0.05, 0.1) is 24.4 Å². The maximum Gasteiger partial charge on any atom is 0.317 e. The summed E-state index contributed by atoms with van der Waals surface area (Å²) >= 11 is 0. The van der Waals surface area contributed by atoms with Crippen LogP contribution in [0.3, 0.4) is 0 Å². The lowest BCUT2D eigenvalue weighted by molar-refractivity contribution is -0.160. The first-order chi connectivity index (χ1) is 19.9. The van der Waals surface area contributed by atoms with Crippen molar-refractivity contribution in [3.05, 3.63) is 0 Å². The van der Waals surface area contributed by atoms with Crippen molar-refractivity contribution in [3.63, 3.8) is 0 Å². The molecule has 6 bridgehead atoms. The predicted molar refractivity (Wildman–Crippen MR) is 158 cm³/mol. The summed E-state index contributed by atoms with van der Waals surface area (Å²) in [6.07, 6.45) is 9.11. The van der Waals surface area contributed by atoms with Crippen LogP contribution in [0, 0.1) is 94.7 Å². The first-order valence-electron chi connectivity index (χ1n) is 17.4. The molecule has 0 aromatic heterocycles. The summed E-state index contributed by atoms with van der Waals surface area (Å²) in [6, 6.07) is 0. The number of ether oxygens (including phenoxy) is 3. The van der Waals surface area contributed by atoms with Gasteiger partial charge in [-0.05, 0) is 149 Å². The summed E-state index contributed by atoms with van der Waals surface area (Å²) in [5, 5.41) is 0. The van der Waals surface area contributed by atoms with E-state index in [1.54, 1.807) is 7.11 Å². The van der Waals surface area contributed by atoms with Crippen LogP contribution in [-0.2, 0) is 28.6 Å². The first-order valence-corrected chi connectivity index (χ1v) is 17.4. The standard InChI is InChI=1S/C36H54O6/c1-16-10-22-14-23(16)33(31-20-9-8-19(11-20)30(31)29-18(3)34(38)41-35(29)39)32(22)28-17(2)21-12-24(25(28)13-21)26(40-7)15-27(37)42-36(4,5)6/h16-26,28-33H,8-15H2,1-7H3. The molecule has 1 saturated heterocycles. The van der Waals surface area contributed by atoms with Gasteiger partial charge in [-0.3, -0.25) is 14.4 Å². The molecule has 0 amide bonds. The van der Waals surface area contributed by atoms with E-state index in [9.17, 15) is 14.4 Å². The first kappa shape index (κ1) is 29.3. The minimum Gasteiger partial charge on any atom is -0.460 e. The van der Waals surface area contributed by atoms with E-state index in [0.717, 1.165) is 24.2 Å². The Morgan fingerprint density at radius 1 is 0.810 bits per heavy atom.